The second-order valence-corrected chi connectivity index (χ2v) is 9.38. The number of likely N-dealkylation sites (tertiary alicyclic amines) is 1. The van der Waals surface area contributed by atoms with Gasteiger partial charge in [0.25, 0.3) is 0 Å². The number of nitrogens with zero attached hydrogens (tertiary/aromatic N) is 1. The van der Waals surface area contributed by atoms with E-state index in [2.05, 4.69) is 10.6 Å². The van der Waals surface area contributed by atoms with Crippen LogP contribution in [0.5, 0.6) is 0 Å². The maximum absolute atomic E-state index is 13.3. The number of aliphatic hydroxyl groups excluding tert-OH is 1. The van der Waals surface area contributed by atoms with Crippen molar-refractivity contribution in [2.75, 3.05) is 18.6 Å². The van der Waals surface area contributed by atoms with Crippen molar-refractivity contribution in [1.29, 1.82) is 0 Å². The van der Waals surface area contributed by atoms with Gasteiger partial charge in [-0.2, -0.15) is 11.8 Å². The fraction of sp³-hybridized carbons (Fsp3) is 0.565. The van der Waals surface area contributed by atoms with E-state index >= 15 is 0 Å². The lowest BCUT2D eigenvalue weighted by Gasteiger charge is -2.29. The van der Waals surface area contributed by atoms with E-state index in [4.69, 9.17) is 5.73 Å². The van der Waals surface area contributed by atoms with Crippen molar-refractivity contribution < 1.29 is 29.4 Å². The monoisotopic (exact) mass is 494 g/mol. The molecule has 1 aliphatic rings. The lowest BCUT2D eigenvalue weighted by molar-refractivity contribution is -0.149. The molecule has 11 heteroatoms. The zero-order chi connectivity index (χ0) is 25.3. The average Bonchev–Trinajstić information content (AvgIpc) is 3.30. The first kappa shape index (κ1) is 27.6. The summed E-state index contributed by atoms with van der Waals surface area (Å²) in [5.74, 6) is -2.28. The van der Waals surface area contributed by atoms with Gasteiger partial charge < -0.3 is 31.5 Å². The summed E-state index contributed by atoms with van der Waals surface area (Å²) >= 11 is 1.53. The number of carbonyl (C=O) groups is 4. The molecule has 1 aliphatic heterocycles. The smallest absolute Gasteiger partial charge is 0.326 e. The zero-order valence-corrected chi connectivity index (χ0v) is 20.3. The van der Waals surface area contributed by atoms with Gasteiger partial charge in [0.05, 0.1) is 12.1 Å². The predicted molar refractivity (Wildman–Crippen MR) is 129 cm³/mol. The minimum atomic E-state index is -1.33. The van der Waals surface area contributed by atoms with Crippen LogP contribution in [0.2, 0.25) is 0 Å². The molecule has 0 aromatic heterocycles. The summed E-state index contributed by atoms with van der Waals surface area (Å²) in [6, 6.07) is 4.80. The van der Waals surface area contributed by atoms with Gasteiger partial charge in [-0.3, -0.25) is 14.4 Å². The van der Waals surface area contributed by atoms with Gasteiger partial charge in [-0.25, -0.2) is 4.79 Å². The van der Waals surface area contributed by atoms with Gasteiger partial charge in [-0.05, 0) is 43.8 Å². The Bertz CT molecular complexity index is 853. The molecule has 1 aromatic rings. The van der Waals surface area contributed by atoms with Gasteiger partial charge in [-0.1, -0.05) is 30.3 Å². The highest BCUT2D eigenvalue weighted by atomic mass is 32.2. The lowest BCUT2D eigenvalue weighted by atomic mass is 10.0. The van der Waals surface area contributed by atoms with E-state index in [0.29, 0.717) is 25.0 Å². The number of nitrogens with two attached hydrogens (primary N) is 1. The van der Waals surface area contributed by atoms with Crippen molar-refractivity contribution in [3.8, 4) is 0 Å². The number of carbonyl (C=O) groups excluding carboxylic acids is 3. The van der Waals surface area contributed by atoms with Gasteiger partial charge in [0.2, 0.25) is 17.7 Å². The van der Waals surface area contributed by atoms with Crippen molar-refractivity contribution in [3.63, 3.8) is 0 Å². The number of nitrogens with one attached hydrogen (secondary N) is 2. The average molecular weight is 495 g/mol. The molecule has 10 nitrogen and oxygen atoms in total. The van der Waals surface area contributed by atoms with Crippen molar-refractivity contribution in [2.24, 2.45) is 5.73 Å². The molecule has 1 fully saturated rings. The summed E-state index contributed by atoms with van der Waals surface area (Å²) in [5, 5.41) is 24.8. The topological polar surface area (TPSA) is 162 Å². The number of rotatable bonds is 12. The first-order chi connectivity index (χ1) is 16.1. The van der Waals surface area contributed by atoms with Gasteiger partial charge in [0, 0.05) is 13.0 Å². The van der Waals surface area contributed by atoms with Gasteiger partial charge in [-0.15, -0.1) is 0 Å². The van der Waals surface area contributed by atoms with Crippen LogP contribution >= 0.6 is 11.8 Å². The van der Waals surface area contributed by atoms with Crippen molar-refractivity contribution in [3.05, 3.63) is 35.9 Å². The normalized spacial score (nSPS) is 19.1. The number of amides is 3. The van der Waals surface area contributed by atoms with Crippen molar-refractivity contribution >= 4 is 35.5 Å². The number of aliphatic carboxylic acids is 1. The molecule has 0 saturated carbocycles. The van der Waals surface area contributed by atoms with E-state index in [1.807, 2.05) is 12.3 Å². The standard InChI is InChI=1S/C23H34N4O6S/c1-14(28)19(26-20(29)16(24)10-12-34-2)21(30)25-17(13-15-7-4-3-5-8-15)22(31)27-11-6-9-18(27)23(32)33/h3-5,7-8,14,16-19,28H,6,9-13,24H2,1-2H3,(H,25,30)(H,26,29)(H,32,33). The van der Waals surface area contributed by atoms with Crippen LogP contribution in [-0.4, -0.2) is 87.6 Å². The molecule has 0 bridgehead atoms. The second kappa shape index (κ2) is 13.3. The summed E-state index contributed by atoms with van der Waals surface area (Å²) in [7, 11) is 0. The summed E-state index contributed by atoms with van der Waals surface area (Å²) < 4.78 is 0. The molecule has 1 aromatic carbocycles. The first-order valence-corrected chi connectivity index (χ1v) is 12.7. The Morgan fingerprint density at radius 3 is 2.44 bits per heavy atom. The molecule has 0 spiro atoms. The summed E-state index contributed by atoms with van der Waals surface area (Å²) in [4.78, 5) is 51.7. The van der Waals surface area contributed by atoms with Crippen LogP contribution in [0.25, 0.3) is 0 Å². The maximum atomic E-state index is 13.3. The molecular formula is C23H34N4O6S. The predicted octanol–water partition coefficient (Wildman–Crippen LogP) is -0.264. The molecule has 1 saturated heterocycles. The third kappa shape index (κ3) is 7.71. The molecule has 188 valence electrons. The third-order valence-corrected chi connectivity index (χ3v) is 6.39. The quantitative estimate of drug-likeness (QED) is 0.265. The molecule has 34 heavy (non-hydrogen) atoms. The number of thioether (sulfide) groups is 1. The number of hydrogen-bond acceptors (Lipinski definition) is 7. The van der Waals surface area contributed by atoms with Gasteiger partial charge in [0.15, 0.2) is 0 Å². The van der Waals surface area contributed by atoms with E-state index in [9.17, 15) is 29.4 Å². The van der Waals surface area contributed by atoms with Crippen LogP contribution in [0.4, 0.5) is 0 Å². The number of carboxylic acids is 1. The highest BCUT2D eigenvalue weighted by Gasteiger charge is 2.39. The van der Waals surface area contributed by atoms with Gasteiger partial charge in [0.1, 0.15) is 18.1 Å². The third-order valence-electron chi connectivity index (χ3n) is 5.75. The number of aliphatic hydroxyl groups is 1. The molecule has 1 heterocycles. The molecule has 0 aliphatic carbocycles. The van der Waals surface area contributed by atoms with E-state index < -0.39 is 54.0 Å². The lowest BCUT2D eigenvalue weighted by Crippen LogP contribution is -2.60. The summed E-state index contributed by atoms with van der Waals surface area (Å²) in [6.07, 6.45) is 2.06. The maximum Gasteiger partial charge on any atom is 0.326 e. The molecule has 2 rings (SSSR count). The van der Waals surface area contributed by atoms with Crippen molar-refractivity contribution in [1.82, 2.24) is 15.5 Å². The highest BCUT2D eigenvalue weighted by molar-refractivity contribution is 7.98. The molecular weight excluding hydrogens is 460 g/mol. The van der Waals surface area contributed by atoms with E-state index in [0.717, 1.165) is 5.56 Å². The second-order valence-electron chi connectivity index (χ2n) is 8.39. The van der Waals surface area contributed by atoms with Crippen molar-refractivity contribution in [2.45, 2.75) is 62.9 Å². The minimum Gasteiger partial charge on any atom is -0.480 e. The largest absolute Gasteiger partial charge is 0.480 e. The molecule has 5 unspecified atom stereocenters. The Morgan fingerprint density at radius 1 is 1.18 bits per heavy atom. The molecule has 6 N–H and O–H groups in total. The van der Waals surface area contributed by atoms with Crippen LogP contribution < -0.4 is 16.4 Å². The van der Waals surface area contributed by atoms with Gasteiger partial charge >= 0.3 is 5.97 Å². The first-order valence-electron chi connectivity index (χ1n) is 11.3. The Kier molecular flexibility index (Phi) is 10.8. The number of hydrogen-bond donors (Lipinski definition) is 5. The van der Waals surface area contributed by atoms with Crippen LogP contribution in [0.3, 0.4) is 0 Å². The molecule has 0 radical (unpaired) electrons. The highest BCUT2D eigenvalue weighted by Crippen LogP contribution is 2.20. The number of carboxylic acid groups (broad SMARTS) is 1. The summed E-state index contributed by atoms with van der Waals surface area (Å²) in [5.41, 5.74) is 6.64. The van der Waals surface area contributed by atoms with E-state index in [-0.39, 0.29) is 13.0 Å². The van der Waals surface area contributed by atoms with Crippen LogP contribution in [-0.2, 0) is 25.6 Å². The van der Waals surface area contributed by atoms with Crippen LogP contribution in [0.1, 0.15) is 31.7 Å². The Morgan fingerprint density at radius 2 is 1.85 bits per heavy atom. The summed E-state index contributed by atoms with van der Waals surface area (Å²) in [6.45, 7) is 1.63. The SMILES string of the molecule is CSCCC(N)C(=O)NC(C(=O)NC(Cc1ccccc1)C(=O)N1CCCC1C(=O)O)C(C)O. The molecule has 5 atom stereocenters. The fourth-order valence-corrected chi connectivity index (χ4v) is 4.33. The Hall–Kier alpha value is -2.63. The van der Waals surface area contributed by atoms with E-state index in [1.54, 1.807) is 24.3 Å². The van der Waals surface area contributed by atoms with Crippen LogP contribution in [0, 0.1) is 0 Å². The zero-order valence-electron chi connectivity index (χ0n) is 19.5. The van der Waals surface area contributed by atoms with E-state index in [1.165, 1.54) is 23.6 Å². The fourth-order valence-electron chi connectivity index (χ4n) is 3.84. The minimum absolute atomic E-state index is 0.127. The Labute approximate surface area is 203 Å². The van der Waals surface area contributed by atoms with Crippen LogP contribution in [0.15, 0.2) is 30.3 Å². The molecule has 3 amide bonds. The Balaban J connectivity index is 2.20. The number of benzene rings is 1.